The Balaban J connectivity index is 1.45. The molecule has 2 fully saturated rings. The topological polar surface area (TPSA) is 152 Å². The number of fused-ring (bicyclic) bond motifs is 1. The second-order valence-electron chi connectivity index (χ2n) is 14.6. The number of ether oxygens (including phenoxy) is 4. The zero-order valence-electron chi connectivity index (χ0n) is 31.8. The Morgan fingerprint density at radius 1 is 0.925 bits per heavy atom. The number of aromatic nitrogens is 1. The van der Waals surface area contributed by atoms with Gasteiger partial charge in [0.2, 0.25) is 11.8 Å². The number of nitrogens with zero attached hydrogens (tertiary/aromatic N) is 4. The average molecular weight is 752 g/mol. The van der Waals surface area contributed by atoms with Gasteiger partial charge in [0.15, 0.2) is 23.1 Å². The molecule has 1 saturated carbocycles. The predicted molar refractivity (Wildman–Crippen MR) is 192 cm³/mol. The van der Waals surface area contributed by atoms with Crippen LogP contribution in [-0.4, -0.2) is 139 Å². The van der Waals surface area contributed by atoms with Crippen LogP contribution in [0.3, 0.4) is 0 Å². The fourth-order valence-corrected chi connectivity index (χ4v) is 6.64. The molecule has 16 heteroatoms. The lowest BCUT2D eigenvalue weighted by atomic mass is 9.83. The van der Waals surface area contributed by atoms with Gasteiger partial charge in [-0.3, -0.25) is 19.3 Å². The fraction of sp³-hybridized carbons (Fsp3) is 0.676. The summed E-state index contributed by atoms with van der Waals surface area (Å²) >= 11 is 0. The molecule has 1 saturated heterocycles. The summed E-state index contributed by atoms with van der Waals surface area (Å²) in [7, 11) is 3.06. The van der Waals surface area contributed by atoms with E-state index in [9.17, 15) is 28.0 Å². The van der Waals surface area contributed by atoms with Crippen molar-refractivity contribution in [1.29, 1.82) is 0 Å². The van der Waals surface area contributed by atoms with Crippen LogP contribution in [0.4, 0.5) is 13.6 Å². The molecule has 2 N–H and O–H groups in total. The number of carbonyl (C=O) groups excluding carboxylic acids is 4. The Morgan fingerprint density at radius 2 is 1.51 bits per heavy atom. The van der Waals surface area contributed by atoms with Crippen LogP contribution in [0.2, 0.25) is 0 Å². The minimum atomic E-state index is -1.08. The van der Waals surface area contributed by atoms with Gasteiger partial charge in [0, 0.05) is 51.7 Å². The highest BCUT2D eigenvalue weighted by Gasteiger charge is 2.38. The molecule has 53 heavy (non-hydrogen) atoms. The first-order valence-corrected chi connectivity index (χ1v) is 18.3. The number of aliphatic hydroxyl groups excluding tert-OH is 1. The molecular formula is C37H55F2N5O9. The van der Waals surface area contributed by atoms with E-state index in [1.54, 1.807) is 44.5 Å². The number of likely N-dealkylation sites (N-methyl/N-ethyl adjacent to an activating group) is 1. The Morgan fingerprint density at radius 3 is 2.13 bits per heavy atom. The third-order valence-corrected chi connectivity index (χ3v) is 9.68. The van der Waals surface area contributed by atoms with E-state index >= 15 is 0 Å². The molecule has 0 unspecified atom stereocenters. The average Bonchev–Trinajstić information content (AvgIpc) is 3.39. The predicted octanol–water partition coefficient (Wildman–Crippen LogP) is 3.47. The molecule has 1 aromatic heterocycles. The zero-order chi connectivity index (χ0) is 38.9. The number of halogens is 2. The summed E-state index contributed by atoms with van der Waals surface area (Å²) in [6.45, 7) is 8.32. The molecule has 0 radical (unpaired) electrons. The quantitative estimate of drug-likeness (QED) is 0.261. The molecule has 1 aromatic carbocycles. The molecule has 296 valence electrons. The van der Waals surface area contributed by atoms with Crippen LogP contribution in [0.5, 0.6) is 5.75 Å². The number of hydrogen-bond acceptors (Lipinski definition) is 9. The molecule has 1 aliphatic heterocycles. The number of benzene rings is 1. The van der Waals surface area contributed by atoms with Crippen LogP contribution in [-0.2, 0) is 30.8 Å². The molecule has 2 aliphatic rings. The number of piperazine rings is 1. The minimum Gasteiger partial charge on any atom is -0.488 e. The molecule has 0 spiro atoms. The monoisotopic (exact) mass is 751 g/mol. The maximum atomic E-state index is 14.4. The SMILES string of the molecule is C[C@@H](C(=O)N[C@H](C(=O)N1CCN(C(=O)c2c(OCCOCCOCCO)c3cc(F)c(F)cc3n2C)CC1)C1CCCCC1)N(C)C(=O)OC(C)(C)C. The number of aliphatic hydroxyl groups is 1. The van der Waals surface area contributed by atoms with E-state index in [4.69, 9.17) is 24.1 Å². The van der Waals surface area contributed by atoms with Crippen molar-refractivity contribution in [3.8, 4) is 5.75 Å². The summed E-state index contributed by atoms with van der Waals surface area (Å²) in [5.74, 6) is -3.27. The highest BCUT2D eigenvalue weighted by Crippen LogP contribution is 2.35. The van der Waals surface area contributed by atoms with E-state index in [1.165, 1.54) is 16.5 Å². The highest BCUT2D eigenvalue weighted by atomic mass is 19.2. The normalized spacial score (nSPS) is 16.7. The van der Waals surface area contributed by atoms with Crippen LogP contribution in [0.15, 0.2) is 12.1 Å². The van der Waals surface area contributed by atoms with Crippen LogP contribution >= 0.6 is 0 Å². The van der Waals surface area contributed by atoms with Gasteiger partial charge in [0.1, 0.15) is 24.3 Å². The van der Waals surface area contributed by atoms with Crippen molar-refractivity contribution in [2.45, 2.75) is 77.5 Å². The number of nitrogens with one attached hydrogen (secondary N) is 1. The molecule has 2 aromatic rings. The minimum absolute atomic E-state index is 0.0150. The second kappa shape index (κ2) is 18.8. The summed E-state index contributed by atoms with van der Waals surface area (Å²) in [5, 5.41) is 12.0. The molecule has 14 nitrogen and oxygen atoms in total. The summed E-state index contributed by atoms with van der Waals surface area (Å²) in [6, 6.07) is 0.329. The van der Waals surface area contributed by atoms with Gasteiger partial charge in [-0.2, -0.15) is 0 Å². The lowest BCUT2D eigenvalue weighted by molar-refractivity contribution is -0.140. The first-order valence-electron chi connectivity index (χ1n) is 18.3. The summed E-state index contributed by atoms with van der Waals surface area (Å²) in [6.07, 6.45) is 3.84. The molecular weight excluding hydrogens is 696 g/mol. The number of amides is 4. The fourth-order valence-electron chi connectivity index (χ4n) is 6.64. The Bertz CT molecular complexity index is 1580. The van der Waals surface area contributed by atoms with Crippen LogP contribution in [0.25, 0.3) is 10.9 Å². The largest absolute Gasteiger partial charge is 0.488 e. The smallest absolute Gasteiger partial charge is 0.410 e. The van der Waals surface area contributed by atoms with Gasteiger partial charge in [0.05, 0.1) is 38.6 Å². The maximum absolute atomic E-state index is 14.4. The number of hydrogen-bond donors (Lipinski definition) is 2. The summed E-state index contributed by atoms with van der Waals surface area (Å²) in [5.41, 5.74) is -0.366. The van der Waals surface area contributed by atoms with Gasteiger partial charge >= 0.3 is 6.09 Å². The van der Waals surface area contributed by atoms with Crippen molar-refractivity contribution in [1.82, 2.24) is 24.6 Å². The van der Waals surface area contributed by atoms with Crippen molar-refractivity contribution in [2.24, 2.45) is 13.0 Å². The zero-order valence-corrected chi connectivity index (χ0v) is 31.8. The van der Waals surface area contributed by atoms with Crippen LogP contribution in [0.1, 0.15) is 70.3 Å². The van der Waals surface area contributed by atoms with Gasteiger partial charge in [-0.15, -0.1) is 0 Å². The Hall–Kier alpha value is -4.02. The number of rotatable bonds is 15. The lowest BCUT2D eigenvalue weighted by Gasteiger charge is -2.39. The van der Waals surface area contributed by atoms with Crippen molar-refractivity contribution in [2.75, 3.05) is 72.9 Å². The first kappa shape index (κ1) is 41.7. The van der Waals surface area contributed by atoms with Crippen molar-refractivity contribution < 1.29 is 52.0 Å². The summed E-state index contributed by atoms with van der Waals surface area (Å²) < 4.78 is 52.3. The van der Waals surface area contributed by atoms with Gasteiger partial charge in [-0.1, -0.05) is 19.3 Å². The van der Waals surface area contributed by atoms with E-state index in [-0.39, 0.29) is 100.0 Å². The van der Waals surface area contributed by atoms with Gasteiger partial charge in [-0.05, 0) is 52.5 Å². The second-order valence-corrected chi connectivity index (χ2v) is 14.6. The maximum Gasteiger partial charge on any atom is 0.410 e. The van der Waals surface area contributed by atoms with E-state index < -0.39 is 47.2 Å². The molecule has 2 atom stereocenters. The van der Waals surface area contributed by atoms with Gasteiger partial charge in [-0.25, -0.2) is 13.6 Å². The first-order chi connectivity index (χ1) is 25.1. The van der Waals surface area contributed by atoms with E-state index in [1.807, 2.05) is 0 Å². The Labute approximate surface area is 309 Å². The van der Waals surface area contributed by atoms with Crippen molar-refractivity contribution >= 4 is 34.7 Å². The van der Waals surface area contributed by atoms with E-state index in [0.29, 0.717) is 0 Å². The third kappa shape index (κ3) is 10.8. The highest BCUT2D eigenvalue weighted by molar-refractivity contribution is 6.04. The van der Waals surface area contributed by atoms with E-state index in [2.05, 4.69) is 5.32 Å². The number of aryl methyl sites for hydroxylation is 1. The van der Waals surface area contributed by atoms with Crippen molar-refractivity contribution in [3.05, 3.63) is 29.5 Å². The lowest BCUT2D eigenvalue weighted by Crippen LogP contribution is -2.59. The molecule has 0 bridgehead atoms. The molecule has 1 aliphatic carbocycles. The van der Waals surface area contributed by atoms with E-state index in [0.717, 1.165) is 44.2 Å². The third-order valence-electron chi connectivity index (χ3n) is 9.68. The molecule has 4 amide bonds. The van der Waals surface area contributed by atoms with Crippen LogP contribution in [0, 0.1) is 17.6 Å². The Kier molecular flexibility index (Phi) is 14.8. The number of carbonyl (C=O) groups is 4. The van der Waals surface area contributed by atoms with Crippen molar-refractivity contribution in [3.63, 3.8) is 0 Å². The van der Waals surface area contributed by atoms with Gasteiger partial charge in [0.25, 0.3) is 5.91 Å². The summed E-state index contributed by atoms with van der Waals surface area (Å²) in [4.78, 5) is 58.7. The van der Waals surface area contributed by atoms with Crippen LogP contribution < -0.4 is 10.1 Å². The van der Waals surface area contributed by atoms with Gasteiger partial charge < -0.3 is 43.7 Å². The molecule has 4 rings (SSSR count). The molecule has 2 heterocycles. The standard InChI is InChI=1S/C37H55F2N5O9/c1-24(41(5)36(49)53-37(2,3)4)33(46)40-30(25-10-8-7-9-11-25)34(47)43-12-14-44(15-13-43)35(48)31-32(52-21-20-51-19-18-50-17-16-45)26-22-27(38)28(39)23-29(26)42(31)6/h22-25,30,45H,7-21H2,1-6H3,(H,40,46)/t24-,30-/m0/s1.